The van der Waals surface area contributed by atoms with Crippen molar-refractivity contribution in [3.63, 3.8) is 0 Å². The third kappa shape index (κ3) is 4.47. The highest BCUT2D eigenvalue weighted by molar-refractivity contribution is 6.08. The van der Waals surface area contributed by atoms with Crippen molar-refractivity contribution in [2.75, 3.05) is 0 Å². The maximum absolute atomic E-state index is 13.0. The Hall–Kier alpha value is -5.36. The molecule has 0 saturated heterocycles. The molecule has 6 nitrogen and oxygen atoms in total. The van der Waals surface area contributed by atoms with Crippen molar-refractivity contribution in [1.82, 2.24) is 20.8 Å². The van der Waals surface area contributed by atoms with Gasteiger partial charge >= 0.3 is 0 Å². The molecule has 1 aromatic heterocycles. The second kappa shape index (κ2) is 9.95. The molecule has 0 saturated carbocycles. The van der Waals surface area contributed by atoms with Crippen molar-refractivity contribution < 1.29 is 9.59 Å². The zero-order valence-electron chi connectivity index (χ0n) is 20.3. The van der Waals surface area contributed by atoms with Gasteiger partial charge in [-0.1, -0.05) is 97.1 Å². The normalized spacial score (nSPS) is 10.8. The SMILES string of the molecule is O=C(NNC(=O)c1cccc2ccccc12)c1ccc2nc(-c3ccccc3)c(-c3ccccc3)nc2c1. The van der Waals surface area contributed by atoms with E-state index in [9.17, 15) is 9.59 Å². The highest BCUT2D eigenvalue weighted by Crippen LogP contribution is 2.31. The summed E-state index contributed by atoms with van der Waals surface area (Å²) >= 11 is 0. The molecule has 0 unspecified atom stereocenters. The van der Waals surface area contributed by atoms with Crippen molar-refractivity contribution in [3.05, 3.63) is 132 Å². The molecule has 0 atom stereocenters. The Morgan fingerprint density at radius 3 is 1.82 bits per heavy atom. The van der Waals surface area contributed by atoms with Crippen LogP contribution in [0.4, 0.5) is 0 Å². The topological polar surface area (TPSA) is 84.0 Å². The number of rotatable bonds is 4. The van der Waals surface area contributed by atoms with Gasteiger partial charge in [0.25, 0.3) is 11.8 Å². The fourth-order valence-electron chi connectivity index (χ4n) is 4.47. The molecular weight excluding hydrogens is 472 g/mol. The van der Waals surface area contributed by atoms with Crippen LogP contribution in [0.1, 0.15) is 20.7 Å². The smallest absolute Gasteiger partial charge is 0.267 e. The Bertz CT molecular complexity index is 1800. The molecule has 2 amide bonds. The number of nitrogens with one attached hydrogen (secondary N) is 2. The summed E-state index contributed by atoms with van der Waals surface area (Å²) in [5, 5.41) is 1.76. The summed E-state index contributed by atoms with van der Waals surface area (Å²) in [4.78, 5) is 35.6. The number of carbonyl (C=O) groups is 2. The van der Waals surface area contributed by atoms with Crippen LogP contribution in [-0.4, -0.2) is 21.8 Å². The summed E-state index contributed by atoms with van der Waals surface area (Å²) in [7, 11) is 0. The summed E-state index contributed by atoms with van der Waals surface area (Å²) in [5.74, 6) is -0.842. The molecule has 0 aliphatic rings. The van der Waals surface area contributed by atoms with E-state index in [1.165, 1.54) is 0 Å². The van der Waals surface area contributed by atoms with E-state index in [-0.39, 0.29) is 0 Å². The second-order valence-corrected chi connectivity index (χ2v) is 8.79. The fraction of sp³-hybridized carbons (Fsp3) is 0. The van der Waals surface area contributed by atoms with E-state index in [0.29, 0.717) is 22.2 Å². The lowest BCUT2D eigenvalue weighted by atomic mass is 10.0. The average Bonchev–Trinajstić information content (AvgIpc) is 2.99. The Balaban J connectivity index is 1.30. The van der Waals surface area contributed by atoms with Crippen molar-refractivity contribution in [1.29, 1.82) is 0 Å². The molecule has 0 aliphatic heterocycles. The van der Waals surface area contributed by atoms with Gasteiger partial charge in [-0.05, 0) is 35.0 Å². The summed E-state index contributed by atoms with van der Waals surface area (Å²) in [5.41, 5.74) is 10.5. The summed E-state index contributed by atoms with van der Waals surface area (Å²) in [6.45, 7) is 0. The van der Waals surface area contributed by atoms with E-state index < -0.39 is 11.8 Å². The largest absolute Gasteiger partial charge is 0.270 e. The molecule has 6 aromatic rings. The maximum atomic E-state index is 13.0. The van der Waals surface area contributed by atoms with Crippen LogP contribution in [0, 0.1) is 0 Å². The standard InChI is InChI=1S/C32H22N4O2/c37-31(35-36-32(38)26-17-9-15-21-10-7-8-16-25(21)26)24-18-19-27-28(20-24)34-30(23-13-5-2-6-14-23)29(33-27)22-11-3-1-4-12-22/h1-20H,(H,35,37)(H,36,38). The molecule has 0 spiro atoms. The minimum absolute atomic E-state index is 0.358. The Morgan fingerprint density at radius 2 is 1.11 bits per heavy atom. The molecule has 0 aliphatic carbocycles. The van der Waals surface area contributed by atoms with Gasteiger partial charge in [0, 0.05) is 22.3 Å². The zero-order chi connectivity index (χ0) is 25.9. The number of carbonyl (C=O) groups excluding carboxylic acids is 2. The first-order valence-corrected chi connectivity index (χ1v) is 12.2. The third-order valence-electron chi connectivity index (χ3n) is 6.34. The summed E-state index contributed by atoms with van der Waals surface area (Å²) in [6.07, 6.45) is 0. The zero-order valence-corrected chi connectivity index (χ0v) is 20.3. The van der Waals surface area contributed by atoms with Crippen molar-refractivity contribution in [2.24, 2.45) is 0 Å². The monoisotopic (exact) mass is 494 g/mol. The van der Waals surface area contributed by atoms with Gasteiger partial charge in [0.15, 0.2) is 0 Å². The molecule has 6 heteroatoms. The van der Waals surface area contributed by atoms with Gasteiger partial charge in [-0.15, -0.1) is 0 Å². The van der Waals surface area contributed by atoms with Crippen LogP contribution < -0.4 is 10.9 Å². The molecule has 1 heterocycles. The van der Waals surface area contributed by atoms with E-state index in [1.807, 2.05) is 97.1 Å². The maximum Gasteiger partial charge on any atom is 0.270 e. The summed E-state index contributed by atoms with van der Waals surface area (Å²) < 4.78 is 0. The number of fused-ring (bicyclic) bond motifs is 2. The van der Waals surface area contributed by atoms with Crippen LogP contribution in [0.15, 0.2) is 121 Å². The van der Waals surface area contributed by atoms with E-state index in [1.54, 1.807) is 24.3 Å². The van der Waals surface area contributed by atoms with Crippen LogP contribution in [0.2, 0.25) is 0 Å². The van der Waals surface area contributed by atoms with Crippen LogP contribution in [-0.2, 0) is 0 Å². The number of nitrogens with zero attached hydrogens (tertiary/aromatic N) is 2. The fourth-order valence-corrected chi connectivity index (χ4v) is 4.47. The third-order valence-corrected chi connectivity index (χ3v) is 6.34. The molecular formula is C32H22N4O2. The van der Waals surface area contributed by atoms with Crippen molar-refractivity contribution in [3.8, 4) is 22.5 Å². The first-order valence-electron chi connectivity index (χ1n) is 12.2. The molecule has 0 fully saturated rings. The molecule has 0 radical (unpaired) electrons. The molecule has 182 valence electrons. The van der Waals surface area contributed by atoms with Gasteiger partial charge in [0.2, 0.25) is 0 Å². The van der Waals surface area contributed by atoms with E-state index >= 15 is 0 Å². The van der Waals surface area contributed by atoms with Crippen LogP contribution >= 0.6 is 0 Å². The van der Waals surface area contributed by atoms with Gasteiger partial charge < -0.3 is 0 Å². The lowest BCUT2D eigenvalue weighted by Crippen LogP contribution is -2.41. The second-order valence-electron chi connectivity index (χ2n) is 8.79. The highest BCUT2D eigenvalue weighted by atomic mass is 16.2. The van der Waals surface area contributed by atoms with Crippen LogP contribution in [0.5, 0.6) is 0 Å². The number of hydrogen-bond donors (Lipinski definition) is 2. The Morgan fingerprint density at radius 1 is 0.526 bits per heavy atom. The predicted octanol–water partition coefficient (Wildman–Crippen LogP) is 6.19. The number of hydrogen-bond acceptors (Lipinski definition) is 4. The Labute approximate surface area is 219 Å². The first kappa shape index (κ1) is 23.1. The van der Waals surface area contributed by atoms with Crippen molar-refractivity contribution in [2.45, 2.75) is 0 Å². The first-order chi connectivity index (χ1) is 18.7. The number of hydrazine groups is 1. The minimum Gasteiger partial charge on any atom is -0.267 e. The molecule has 2 N–H and O–H groups in total. The van der Waals surface area contributed by atoms with Crippen molar-refractivity contribution >= 4 is 33.6 Å². The van der Waals surface area contributed by atoms with Gasteiger partial charge in [-0.25, -0.2) is 9.97 Å². The van der Waals surface area contributed by atoms with Gasteiger partial charge in [-0.2, -0.15) is 0 Å². The molecule has 5 aromatic carbocycles. The molecule has 6 rings (SSSR count). The van der Waals surface area contributed by atoms with Gasteiger partial charge in [0.1, 0.15) is 0 Å². The highest BCUT2D eigenvalue weighted by Gasteiger charge is 2.16. The molecule has 0 bridgehead atoms. The quantitative estimate of drug-likeness (QED) is 0.286. The van der Waals surface area contributed by atoms with Crippen LogP contribution in [0.25, 0.3) is 44.3 Å². The average molecular weight is 495 g/mol. The van der Waals surface area contributed by atoms with Gasteiger partial charge in [-0.3, -0.25) is 20.4 Å². The lowest BCUT2D eigenvalue weighted by molar-refractivity contribution is 0.0847. The Kier molecular flexibility index (Phi) is 6.04. The van der Waals surface area contributed by atoms with Crippen LogP contribution in [0.3, 0.4) is 0 Å². The number of aromatic nitrogens is 2. The summed E-state index contributed by atoms with van der Waals surface area (Å²) in [6, 6.07) is 38.0. The van der Waals surface area contributed by atoms with E-state index in [0.717, 1.165) is 33.3 Å². The minimum atomic E-state index is -0.448. The molecule has 38 heavy (non-hydrogen) atoms. The predicted molar refractivity (Wildman–Crippen MR) is 149 cm³/mol. The lowest BCUT2D eigenvalue weighted by Gasteiger charge is -2.12. The van der Waals surface area contributed by atoms with E-state index in [2.05, 4.69) is 10.9 Å². The van der Waals surface area contributed by atoms with Gasteiger partial charge in [0.05, 0.1) is 22.4 Å². The number of benzene rings is 5. The van der Waals surface area contributed by atoms with E-state index in [4.69, 9.17) is 9.97 Å². The number of amides is 2.